The smallest absolute Gasteiger partial charge is 0.222 e. The van der Waals surface area contributed by atoms with Gasteiger partial charge in [0.2, 0.25) is 5.91 Å². The third-order valence-corrected chi connectivity index (χ3v) is 7.55. The molecular weight excluding hydrogens is 413 g/mol. The summed E-state index contributed by atoms with van der Waals surface area (Å²) in [6.07, 6.45) is 9.21. The molecule has 5 rings (SSSR count). The topological polar surface area (TPSA) is 39.3 Å². The summed E-state index contributed by atoms with van der Waals surface area (Å²) in [4.78, 5) is 20.5. The van der Waals surface area contributed by atoms with Gasteiger partial charge in [-0.05, 0) is 92.5 Å². The number of carbonyl (C=O) groups is 1. The molecule has 0 saturated carbocycles. The van der Waals surface area contributed by atoms with Crippen LogP contribution < -0.4 is 0 Å². The first-order chi connectivity index (χ1) is 16.2. The fourth-order valence-electron chi connectivity index (χ4n) is 5.57. The molecule has 5 heteroatoms. The molecule has 1 amide bonds. The summed E-state index contributed by atoms with van der Waals surface area (Å²) in [6, 6.07) is 13.5. The van der Waals surface area contributed by atoms with Crippen LogP contribution in [0.4, 0.5) is 4.39 Å². The molecule has 2 aliphatic rings. The number of nitrogens with zero attached hydrogens (tertiary/aromatic N) is 2. The molecular formula is C28H34FN3O. The van der Waals surface area contributed by atoms with E-state index in [9.17, 15) is 9.18 Å². The van der Waals surface area contributed by atoms with Crippen molar-refractivity contribution in [3.63, 3.8) is 0 Å². The highest BCUT2D eigenvalue weighted by atomic mass is 19.1. The van der Waals surface area contributed by atoms with Crippen LogP contribution >= 0.6 is 0 Å². The molecule has 0 unspecified atom stereocenters. The number of likely N-dealkylation sites (tertiary alicyclic amines) is 1. The van der Waals surface area contributed by atoms with E-state index in [0.29, 0.717) is 18.2 Å². The average molecular weight is 448 g/mol. The van der Waals surface area contributed by atoms with Crippen LogP contribution in [0.5, 0.6) is 0 Å². The van der Waals surface area contributed by atoms with Crippen LogP contribution in [0.1, 0.15) is 61.1 Å². The molecule has 0 atom stereocenters. The molecule has 4 nitrogen and oxygen atoms in total. The van der Waals surface area contributed by atoms with Crippen molar-refractivity contribution in [1.29, 1.82) is 0 Å². The molecule has 0 aliphatic carbocycles. The van der Waals surface area contributed by atoms with Crippen LogP contribution in [0.3, 0.4) is 0 Å². The normalized spacial score (nSPS) is 17.4. The predicted molar refractivity (Wildman–Crippen MR) is 131 cm³/mol. The van der Waals surface area contributed by atoms with Gasteiger partial charge in [0.05, 0.1) is 0 Å². The Morgan fingerprint density at radius 2 is 1.82 bits per heavy atom. The number of carbonyl (C=O) groups excluding carboxylic acids is 1. The van der Waals surface area contributed by atoms with Crippen molar-refractivity contribution in [2.45, 2.75) is 57.4 Å². The number of fused-ring (bicyclic) bond motifs is 2. The summed E-state index contributed by atoms with van der Waals surface area (Å²) in [5, 5.41) is 1.04. The van der Waals surface area contributed by atoms with Crippen LogP contribution in [0.2, 0.25) is 0 Å². The monoisotopic (exact) mass is 447 g/mol. The van der Waals surface area contributed by atoms with Gasteiger partial charge in [0.1, 0.15) is 5.82 Å². The number of unbranched alkanes of at least 4 members (excludes halogenated alkanes) is 2. The lowest BCUT2D eigenvalue weighted by atomic mass is 9.89. The number of nitrogens with one attached hydrogen (secondary N) is 1. The Hall–Kier alpha value is -2.66. The van der Waals surface area contributed by atoms with Gasteiger partial charge in [-0.2, -0.15) is 0 Å². The van der Waals surface area contributed by atoms with E-state index in [0.717, 1.165) is 82.2 Å². The highest BCUT2D eigenvalue weighted by Gasteiger charge is 2.23. The second kappa shape index (κ2) is 10.1. The maximum atomic E-state index is 13.7. The van der Waals surface area contributed by atoms with Crippen LogP contribution in [0, 0.1) is 5.82 Å². The van der Waals surface area contributed by atoms with Gasteiger partial charge in [-0.25, -0.2) is 4.39 Å². The zero-order chi connectivity index (χ0) is 22.6. The van der Waals surface area contributed by atoms with E-state index >= 15 is 0 Å². The molecule has 1 saturated heterocycles. The molecule has 33 heavy (non-hydrogen) atoms. The Morgan fingerprint density at radius 1 is 1.00 bits per heavy atom. The number of rotatable bonds is 7. The average Bonchev–Trinajstić information content (AvgIpc) is 3.27. The molecule has 1 aromatic heterocycles. The first-order valence-corrected chi connectivity index (χ1v) is 12.5. The standard InChI is InChI=1S/C28H34FN3O/c29-24-9-10-27-25(18-24)26(19-30-27)22-11-15-31(16-12-22)14-5-1-2-8-28(33)32-17-13-21-6-3-4-7-23(21)20-32/h3-4,6-7,9-10,18-19,22,30H,1-2,5,8,11-17,20H2. The van der Waals surface area contributed by atoms with Gasteiger partial charge in [-0.3, -0.25) is 4.79 Å². The molecule has 3 aromatic rings. The second-order valence-corrected chi connectivity index (χ2v) is 9.69. The molecule has 2 aromatic carbocycles. The number of halogens is 1. The van der Waals surface area contributed by atoms with Gasteiger partial charge in [0.25, 0.3) is 0 Å². The van der Waals surface area contributed by atoms with Crippen LogP contribution in [-0.4, -0.2) is 46.9 Å². The van der Waals surface area contributed by atoms with Crippen molar-refractivity contribution in [2.24, 2.45) is 0 Å². The molecule has 2 aliphatic heterocycles. The van der Waals surface area contributed by atoms with Gasteiger partial charge >= 0.3 is 0 Å². The molecule has 0 radical (unpaired) electrons. The quantitative estimate of drug-likeness (QED) is 0.477. The SMILES string of the molecule is O=C(CCCCCN1CCC(c2c[nH]c3ccc(F)cc23)CC1)N1CCc2ccccc2C1. The molecule has 0 bridgehead atoms. The minimum atomic E-state index is -0.163. The number of piperidine rings is 1. The number of amides is 1. The fraction of sp³-hybridized carbons (Fsp3) is 0.464. The van der Waals surface area contributed by atoms with Crippen molar-refractivity contribution < 1.29 is 9.18 Å². The molecule has 0 spiro atoms. The lowest BCUT2D eigenvalue weighted by Crippen LogP contribution is -2.35. The van der Waals surface area contributed by atoms with E-state index in [1.54, 1.807) is 6.07 Å². The van der Waals surface area contributed by atoms with Crippen molar-refractivity contribution in [3.05, 3.63) is 71.2 Å². The van der Waals surface area contributed by atoms with E-state index in [1.807, 2.05) is 11.0 Å². The lowest BCUT2D eigenvalue weighted by Gasteiger charge is -2.32. The van der Waals surface area contributed by atoms with E-state index < -0.39 is 0 Å². The van der Waals surface area contributed by atoms with Gasteiger partial charge in [0, 0.05) is 36.6 Å². The van der Waals surface area contributed by atoms with E-state index in [-0.39, 0.29) is 5.82 Å². The number of benzene rings is 2. The number of hydrogen-bond donors (Lipinski definition) is 1. The zero-order valence-electron chi connectivity index (χ0n) is 19.4. The summed E-state index contributed by atoms with van der Waals surface area (Å²) >= 11 is 0. The molecule has 3 heterocycles. The number of hydrogen-bond acceptors (Lipinski definition) is 2. The Bertz CT molecular complexity index is 1100. The summed E-state index contributed by atoms with van der Waals surface area (Å²) in [6.45, 7) is 4.93. The van der Waals surface area contributed by atoms with Crippen molar-refractivity contribution in [3.8, 4) is 0 Å². The van der Waals surface area contributed by atoms with E-state index in [2.05, 4.69) is 40.3 Å². The van der Waals surface area contributed by atoms with E-state index in [1.165, 1.54) is 22.8 Å². The molecule has 174 valence electrons. The first kappa shape index (κ1) is 22.1. The Balaban J connectivity index is 1.00. The fourth-order valence-corrected chi connectivity index (χ4v) is 5.57. The predicted octanol–water partition coefficient (Wildman–Crippen LogP) is 5.63. The zero-order valence-corrected chi connectivity index (χ0v) is 19.4. The van der Waals surface area contributed by atoms with Gasteiger partial charge in [0.15, 0.2) is 0 Å². The summed E-state index contributed by atoms with van der Waals surface area (Å²) in [5.41, 5.74) is 4.99. The van der Waals surface area contributed by atoms with E-state index in [4.69, 9.17) is 0 Å². The Morgan fingerprint density at radius 3 is 2.67 bits per heavy atom. The van der Waals surface area contributed by atoms with Crippen molar-refractivity contribution in [2.75, 3.05) is 26.2 Å². The van der Waals surface area contributed by atoms with Gasteiger partial charge in [-0.1, -0.05) is 30.7 Å². The first-order valence-electron chi connectivity index (χ1n) is 12.5. The van der Waals surface area contributed by atoms with Gasteiger partial charge < -0.3 is 14.8 Å². The minimum absolute atomic E-state index is 0.163. The summed E-state index contributed by atoms with van der Waals surface area (Å²) < 4.78 is 13.7. The van der Waals surface area contributed by atoms with Gasteiger partial charge in [-0.15, -0.1) is 0 Å². The van der Waals surface area contributed by atoms with Crippen LogP contribution in [0.15, 0.2) is 48.7 Å². The van der Waals surface area contributed by atoms with Crippen molar-refractivity contribution >= 4 is 16.8 Å². The Labute approximate surface area is 195 Å². The number of H-pyrrole nitrogens is 1. The van der Waals surface area contributed by atoms with Crippen LogP contribution in [0.25, 0.3) is 10.9 Å². The third-order valence-electron chi connectivity index (χ3n) is 7.55. The molecule has 1 fully saturated rings. The minimum Gasteiger partial charge on any atom is -0.361 e. The maximum absolute atomic E-state index is 13.7. The largest absolute Gasteiger partial charge is 0.361 e. The van der Waals surface area contributed by atoms with Crippen molar-refractivity contribution in [1.82, 2.24) is 14.8 Å². The highest BCUT2D eigenvalue weighted by Crippen LogP contribution is 2.33. The molecule has 1 N–H and O–H groups in total. The Kier molecular flexibility index (Phi) is 6.77. The second-order valence-electron chi connectivity index (χ2n) is 9.69. The summed E-state index contributed by atoms with van der Waals surface area (Å²) in [5.74, 6) is 0.647. The number of aromatic nitrogens is 1. The lowest BCUT2D eigenvalue weighted by molar-refractivity contribution is -0.132. The number of aromatic amines is 1. The van der Waals surface area contributed by atoms with Crippen LogP contribution in [-0.2, 0) is 17.8 Å². The summed E-state index contributed by atoms with van der Waals surface area (Å²) in [7, 11) is 0. The third kappa shape index (κ3) is 5.14. The highest BCUT2D eigenvalue weighted by molar-refractivity contribution is 5.83. The maximum Gasteiger partial charge on any atom is 0.222 e.